The highest BCUT2D eigenvalue weighted by Crippen LogP contribution is 2.31. The van der Waals surface area contributed by atoms with Gasteiger partial charge >= 0.3 is 5.97 Å². The lowest BCUT2D eigenvalue weighted by atomic mass is 10.1. The molecule has 2 rings (SSSR count). The molecule has 0 fully saturated rings. The van der Waals surface area contributed by atoms with Crippen LogP contribution in [0.4, 0.5) is 5.69 Å². The van der Waals surface area contributed by atoms with Crippen LogP contribution in [0.25, 0.3) is 0 Å². The first-order valence-corrected chi connectivity index (χ1v) is 11.0. The second kappa shape index (κ2) is 9.88. The Morgan fingerprint density at radius 3 is 2.45 bits per heavy atom. The molecule has 2 heterocycles. The number of hydrogen-bond donors (Lipinski definition) is 3. The lowest BCUT2D eigenvalue weighted by Crippen LogP contribution is -2.50. The van der Waals surface area contributed by atoms with Gasteiger partial charge in [0.05, 0.1) is 12.3 Å². The van der Waals surface area contributed by atoms with Crippen molar-refractivity contribution in [3.05, 3.63) is 33.0 Å². The molecule has 12 heteroatoms. The molecule has 5 N–H and O–H groups in total. The minimum Gasteiger partial charge on any atom is -0.465 e. The van der Waals surface area contributed by atoms with E-state index in [0.29, 0.717) is 16.4 Å². The summed E-state index contributed by atoms with van der Waals surface area (Å²) in [6.07, 6.45) is 0. The van der Waals surface area contributed by atoms with Crippen LogP contribution in [0.1, 0.15) is 58.8 Å². The van der Waals surface area contributed by atoms with Crippen LogP contribution in [0.3, 0.4) is 0 Å². The average Bonchev–Trinajstić information content (AvgIpc) is 3.29. The van der Waals surface area contributed by atoms with E-state index in [9.17, 15) is 19.2 Å². The quantitative estimate of drug-likeness (QED) is 0.497. The van der Waals surface area contributed by atoms with Gasteiger partial charge in [-0.2, -0.15) is 4.37 Å². The lowest BCUT2D eigenvalue weighted by molar-refractivity contribution is -0.145. The van der Waals surface area contributed by atoms with Crippen molar-refractivity contribution in [3.63, 3.8) is 0 Å². The highest BCUT2D eigenvalue weighted by Gasteiger charge is 2.37. The summed E-state index contributed by atoms with van der Waals surface area (Å²) < 4.78 is 8.84. The number of anilines is 1. The number of esters is 1. The number of hydrogen-bond acceptors (Lipinski definition) is 9. The van der Waals surface area contributed by atoms with Crippen molar-refractivity contribution < 1.29 is 23.9 Å². The summed E-state index contributed by atoms with van der Waals surface area (Å²) in [7, 11) is 0. The normalized spacial score (nSPS) is 12.1. The number of ether oxygens (including phenoxy) is 1. The van der Waals surface area contributed by atoms with Crippen molar-refractivity contribution in [2.24, 2.45) is 5.73 Å². The van der Waals surface area contributed by atoms with Gasteiger partial charge < -0.3 is 26.4 Å². The summed E-state index contributed by atoms with van der Waals surface area (Å²) >= 11 is 1.93. The minimum absolute atomic E-state index is 0.0942. The minimum atomic E-state index is -1.13. The fourth-order valence-electron chi connectivity index (χ4n) is 2.69. The van der Waals surface area contributed by atoms with Crippen molar-refractivity contribution in [2.45, 2.75) is 39.3 Å². The predicted molar refractivity (Wildman–Crippen MR) is 118 cm³/mol. The molecule has 0 radical (unpaired) electrons. The van der Waals surface area contributed by atoms with Crippen LogP contribution in [0, 0.1) is 0 Å². The van der Waals surface area contributed by atoms with Gasteiger partial charge in [-0.05, 0) is 50.7 Å². The van der Waals surface area contributed by atoms with E-state index in [1.54, 1.807) is 45.2 Å². The van der Waals surface area contributed by atoms with Gasteiger partial charge in [0.1, 0.15) is 17.5 Å². The number of primary amides is 1. The smallest absolute Gasteiger partial charge is 0.325 e. The number of amides is 3. The number of nitrogens with one attached hydrogen (secondary N) is 1. The second-order valence-electron chi connectivity index (χ2n) is 7.53. The Morgan fingerprint density at radius 1 is 1.29 bits per heavy atom. The van der Waals surface area contributed by atoms with Gasteiger partial charge in [-0.15, -0.1) is 11.3 Å². The standard InChI is InChI=1S/C19H25N5O5S2/c1-5-29-11(25)9-24(18(28)15-12(20)13(16(21)26)23-31-15)14(10-7-6-8-30-10)17(27)22-19(2,3)4/h6-8,14H,5,9,20H2,1-4H3,(H2,21,26)(H,22,27)/t14-/m0/s1. The summed E-state index contributed by atoms with van der Waals surface area (Å²) in [6.45, 7) is 6.63. The highest BCUT2D eigenvalue weighted by molar-refractivity contribution is 7.10. The Kier molecular flexibility index (Phi) is 7.74. The predicted octanol–water partition coefficient (Wildman–Crippen LogP) is 1.55. The van der Waals surface area contributed by atoms with E-state index in [0.717, 1.165) is 4.90 Å². The molecule has 0 aromatic carbocycles. The third kappa shape index (κ3) is 6.01. The van der Waals surface area contributed by atoms with Crippen LogP contribution in [0.15, 0.2) is 17.5 Å². The Balaban J connectivity index is 2.55. The molecule has 0 saturated heterocycles. The summed E-state index contributed by atoms with van der Waals surface area (Å²) in [6, 6.07) is 2.29. The Morgan fingerprint density at radius 2 is 1.97 bits per heavy atom. The van der Waals surface area contributed by atoms with E-state index in [-0.39, 0.29) is 22.9 Å². The molecule has 2 aromatic rings. The van der Waals surface area contributed by atoms with Crippen molar-refractivity contribution in [2.75, 3.05) is 18.9 Å². The first-order chi connectivity index (χ1) is 14.5. The maximum atomic E-state index is 13.4. The van der Waals surface area contributed by atoms with Crippen LogP contribution in [-0.2, 0) is 14.3 Å². The molecule has 0 aliphatic carbocycles. The van der Waals surface area contributed by atoms with Crippen molar-refractivity contribution in [1.82, 2.24) is 14.6 Å². The SMILES string of the molecule is CCOC(=O)CN(C(=O)c1snc(C(N)=O)c1N)[C@H](C(=O)NC(C)(C)C)c1cccs1. The van der Waals surface area contributed by atoms with E-state index in [1.165, 1.54) is 11.3 Å². The summed E-state index contributed by atoms with van der Waals surface area (Å²) in [4.78, 5) is 52.0. The summed E-state index contributed by atoms with van der Waals surface area (Å²) in [5.74, 6) is -2.80. The van der Waals surface area contributed by atoms with Gasteiger partial charge in [-0.3, -0.25) is 19.2 Å². The maximum Gasteiger partial charge on any atom is 0.325 e. The Hall–Kier alpha value is -2.99. The number of nitrogen functional groups attached to an aromatic ring is 1. The topological polar surface area (TPSA) is 158 Å². The first kappa shape index (κ1) is 24.3. The largest absolute Gasteiger partial charge is 0.465 e. The molecule has 31 heavy (non-hydrogen) atoms. The zero-order valence-electron chi connectivity index (χ0n) is 17.6. The van der Waals surface area contributed by atoms with Gasteiger partial charge in [0.15, 0.2) is 5.69 Å². The molecular weight excluding hydrogens is 442 g/mol. The lowest BCUT2D eigenvalue weighted by Gasteiger charge is -2.32. The summed E-state index contributed by atoms with van der Waals surface area (Å²) in [5.41, 5.74) is 10.1. The van der Waals surface area contributed by atoms with Gasteiger partial charge in [0, 0.05) is 10.4 Å². The molecule has 0 aliphatic rings. The fraction of sp³-hybridized carbons (Fsp3) is 0.421. The molecule has 168 valence electrons. The zero-order valence-corrected chi connectivity index (χ0v) is 19.3. The molecule has 1 atom stereocenters. The van der Waals surface area contributed by atoms with Gasteiger partial charge in [-0.25, -0.2) is 0 Å². The molecule has 0 spiro atoms. The van der Waals surface area contributed by atoms with E-state index < -0.39 is 41.8 Å². The monoisotopic (exact) mass is 467 g/mol. The van der Waals surface area contributed by atoms with Crippen LogP contribution < -0.4 is 16.8 Å². The fourth-order valence-corrected chi connectivity index (χ4v) is 4.29. The van der Waals surface area contributed by atoms with E-state index in [2.05, 4.69) is 9.69 Å². The Bertz CT molecular complexity index is 965. The average molecular weight is 468 g/mol. The van der Waals surface area contributed by atoms with E-state index in [4.69, 9.17) is 16.2 Å². The van der Waals surface area contributed by atoms with E-state index in [1.807, 2.05) is 0 Å². The van der Waals surface area contributed by atoms with Crippen LogP contribution in [0.5, 0.6) is 0 Å². The van der Waals surface area contributed by atoms with Crippen molar-refractivity contribution in [3.8, 4) is 0 Å². The molecule has 3 amide bonds. The van der Waals surface area contributed by atoms with Gasteiger partial charge in [0.2, 0.25) is 5.91 Å². The van der Waals surface area contributed by atoms with Crippen molar-refractivity contribution in [1.29, 1.82) is 0 Å². The molecule has 0 unspecified atom stereocenters. The molecular formula is C19H25N5O5S2. The molecule has 10 nitrogen and oxygen atoms in total. The first-order valence-electron chi connectivity index (χ1n) is 9.33. The van der Waals surface area contributed by atoms with Crippen LogP contribution >= 0.6 is 22.9 Å². The number of nitrogens with two attached hydrogens (primary N) is 2. The number of aromatic nitrogens is 1. The highest BCUT2D eigenvalue weighted by atomic mass is 32.1. The Labute approximate surface area is 187 Å². The molecule has 0 aliphatic heterocycles. The third-order valence-corrected chi connectivity index (χ3v) is 5.67. The van der Waals surface area contributed by atoms with E-state index >= 15 is 0 Å². The number of carbonyl (C=O) groups excluding carboxylic acids is 4. The molecule has 2 aromatic heterocycles. The molecule has 0 bridgehead atoms. The second-order valence-corrected chi connectivity index (χ2v) is 9.29. The van der Waals surface area contributed by atoms with Crippen LogP contribution in [0.2, 0.25) is 0 Å². The number of nitrogens with zero attached hydrogens (tertiary/aromatic N) is 2. The van der Waals surface area contributed by atoms with Gasteiger partial charge in [-0.1, -0.05) is 6.07 Å². The van der Waals surface area contributed by atoms with Crippen molar-refractivity contribution >= 4 is 52.2 Å². The maximum absolute atomic E-state index is 13.4. The zero-order chi connectivity index (χ0) is 23.3. The summed E-state index contributed by atoms with van der Waals surface area (Å²) in [5, 5.41) is 4.60. The number of carbonyl (C=O) groups is 4. The molecule has 0 saturated carbocycles. The third-order valence-electron chi connectivity index (χ3n) is 3.89. The van der Waals surface area contributed by atoms with Gasteiger partial charge in [0.25, 0.3) is 11.8 Å². The number of rotatable bonds is 8. The number of thiophene rings is 1. The van der Waals surface area contributed by atoms with Crippen LogP contribution in [-0.4, -0.2) is 51.7 Å².